The van der Waals surface area contributed by atoms with Gasteiger partial charge in [-0.25, -0.2) is 8.42 Å². The van der Waals surface area contributed by atoms with Crippen molar-refractivity contribution in [3.05, 3.63) is 35.4 Å². The Morgan fingerprint density at radius 1 is 1.17 bits per heavy atom. The average Bonchev–Trinajstić information content (AvgIpc) is 2.25. The second-order valence-corrected chi connectivity index (χ2v) is 7.63. The lowest BCUT2D eigenvalue weighted by molar-refractivity contribution is 0.589. The Morgan fingerprint density at radius 2 is 1.72 bits per heavy atom. The summed E-state index contributed by atoms with van der Waals surface area (Å²) in [6.45, 7) is 6.35. The lowest BCUT2D eigenvalue weighted by Crippen LogP contribution is -2.12. The quantitative estimate of drug-likeness (QED) is 0.841. The molecule has 0 aliphatic carbocycles. The summed E-state index contributed by atoms with van der Waals surface area (Å²) < 4.78 is 23.4. The van der Waals surface area contributed by atoms with Gasteiger partial charge in [0.25, 0.3) is 0 Å². The van der Waals surface area contributed by atoms with Crippen molar-refractivity contribution in [2.45, 2.75) is 38.4 Å². The largest absolute Gasteiger partial charge is 0.228 e. The monoisotopic (exact) mass is 265 g/mol. The van der Waals surface area contributed by atoms with Crippen LogP contribution in [-0.2, 0) is 21.0 Å². The first-order valence-corrected chi connectivity index (χ1v) is 7.73. The van der Waals surface area contributed by atoms with Gasteiger partial charge in [-0.1, -0.05) is 45.0 Å². The number of nitriles is 1. The van der Waals surface area contributed by atoms with Gasteiger partial charge in [-0.15, -0.1) is 0 Å². The average molecular weight is 265 g/mol. The zero-order chi connectivity index (χ0) is 13.8. The lowest BCUT2D eigenvalue weighted by atomic mass is 9.87. The molecule has 0 bridgehead atoms. The van der Waals surface area contributed by atoms with Crippen LogP contribution in [0.3, 0.4) is 0 Å². The van der Waals surface area contributed by atoms with Crippen LogP contribution in [-0.4, -0.2) is 14.2 Å². The Kier molecular flexibility index (Phi) is 4.53. The third kappa shape index (κ3) is 4.50. The van der Waals surface area contributed by atoms with Gasteiger partial charge in [0.2, 0.25) is 0 Å². The predicted octanol–water partition coefficient (Wildman–Crippen LogP) is 2.81. The summed E-state index contributed by atoms with van der Waals surface area (Å²) in [6.07, 6.45) is 0.0579. The summed E-state index contributed by atoms with van der Waals surface area (Å²) in [5.41, 5.74) is 2.03. The first kappa shape index (κ1) is 14.7. The minimum atomic E-state index is -3.17. The fourth-order valence-corrected chi connectivity index (χ4v) is 2.88. The maximum absolute atomic E-state index is 11.7. The van der Waals surface area contributed by atoms with Crippen molar-refractivity contribution in [3.8, 4) is 6.07 Å². The molecule has 0 saturated heterocycles. The van der Waals surface area contributed by atoms with E-state index in [1.165, 1.54) is 5.56 Å². The molecule has 0 saturated carbocycles. The Hall–Kier alpha value is -1.34. The van der Waals surface area contributed by atoms with Gasteiger partial charge in [0, 0.05) is 6.42 Å². The Morgan fingerprint density at radius 3 is 2.17 bits per heavy atom. The van der Waals surface area contributed by atoms with Crippen molar-refractivity contribution >= 4 is 9.84 Å². The van der Waals surface area contributed by atoms with Crippen LogP contribution in [0.25, 0.3) is 0 Å². The maximum Gasteiger partial charge on any atom is 0.155 e. The standard InChI is InChI=1S/C14H19NO2S/c1-14(2,3)13-7-5-12(6-8-13)11-18(16,17)10-4-9-15/h5-8H,4,10-11H2,1-3H3. The van der Waals surface area contributed by atoms with Crippen molar-refractivity contribution in [1.29, 1.82) is 5.26 Å². The van der Waals surface area contributed by atoms with E-state index in [0.29, 0.717) is 0 Å². The van der Waals surface area contributed by atoms with Crippen molar-refractivity contribution in [3.63, 3.8) is 0 Å². The number of benzene rings is 1. The lowest BCUT2D eigenvalue weighted by Gasteiger charge is -2.19. The predicted molar refractivity (Wildman–Crippen MR) is 72.9 cm³/mol. The second kappa shape index (κ2) is 5.53. The summed E-state index contributed by atoms with van der Waals surface area (Å²) in [5, 5.41) is 8.41. The fraction of sp³-hybridized carbons (Fsp3) is 0.500. The highest BCUT2D eigenvalue weighted by Crippen LogP contribution is 2.22. The third-order valence-electron chi connectivity index (χ3n) is 2.73. The number of nitrogens with zero attached hydrogens (tertiary/aromatic N) is 1. The summed E-state index contributed by atoms with van der Waals surface area (Å²) in [4.78, 5) is 0. The molecule has 0 aromatic heterocycles. The smallest absolute Gasteiger partial charge is 0.155 e. The van der Waals surface area contributed by atoms with Gasteiger partial charge in [-0.2, -0.15) is 5.26 Å². The molecule has 3 nitrogen and oxygen atoms in total. The van der Waals surface area contributed by atoms with E-state index in [9.17, 15) is 8.42 Å². The molecular formula is C14H19NO2S. The molecule has 0 atom stereocenters. The molecular weight excluding hydrogens is 246 g/mol. The highest BCUT2D eigenvalue weighted by Gasteiger charge is 2.15. The summed E-state index contributed by atoms with van der Waals surface area (Å²) in [5.74, 6) is -0.0520. The summed E-state index contributed by atoms with van der Waals surface area (Å²) >= 11 is 0. The van der Waals surface area contributed by atoms with Gasteiger partial charge in [0.1, 0.15) is 0 Å². The molecule has 1 rings (SSSR count). The van der Waals surface area contributed by atoms with E-state index >= 15 is 0 Å². The van der Waals surface area contributed by atoms with Crippen LogP contribution in [0.4, 0.5) is 0 Å². The van der Waals surface area contributed by atoms with Gasteiger partial charge in [0.05, 0.1) is 17.6 Å². The van der Waals surface area contributed by atoms with E-state index in [1.807, 2.05) is 30.3 Å². The summed E-state index contributed by atoms with van der Waals surface area (Å²) in [7, 11) is -3.17. The Balaban J connectivity index is 2.79. The minimum absolute atomic E-state index is 0.0130. The number of hydrogen-bond acceptors (Lipinski definition) is 3. The molecule has 0 spiro atoms. The van der Waals surface area contributed by atoms with E-state index in [0.717, 1.165) is 5.56 Å². The van der Waals surface area contributed by atoms with Crippen LogP contribution < -0.4 is 0 Å². The van der Waals surface area contributed by atoms with E-state index in [-0.39, 0.29) is 23.3 Å². The van der Waals surface area contributed by atoms with Gasteiger partial charge < -0.3 is 0 Å². The molecule has 0 aliphatic rings. The first-order chi connectivity index (χ1) is 8.24. The Labute approximate surface area is 109 Å². The zero-order valence-electron chi connectivity index (χ0n) is 11.1. The van der Waals surface area contributed by atoms with Crippen molar-refractivity contribution in [2.24, 2.45) is 0 Å². The molecule has 1 aromatic carbocycles. The molecule has 4 heteroatoms. The van der Waals surface area contributed by atoms with Crippen molar-refractivity contribution in [1.82, 2.24) is 0 Å². The Bertz CT molecular complexity index is 531. The molecule has 0 N–H and O–H groups in total. The van der Waals surface area contributed by atoms with Crippen LogP contribution in [0.1, 0.15) is 38.3 Å². The topological polar surface area (TPSA) is 57.9 Å². The van der Waals surface area contributed by atoms with E-state index in [4.69, 9.17) is 5.26 Å². The molecule has 0 unspecified atom stereocenters. The molecule has 0 heterocycles. The molecule has 0 radical (unpaired) electrons. The fourth-order valence-electron chi connectivity index (χ4n) is 1.63. The summed E-state index contributed by atoms with van der Waals surface area (Å²) in [6, 6.07) is 9.50. The van der Waals surface area contributed by atoms with E-state index < -0.39 is 9.84 Å². The molecule has 98 valence electrons. The SMILES string of the molecule is CC(C)(C)c1ccc(CS(=O)(=O)CCC#N)cc1. The minimum Gasteiger partial charge on any atom is -0.228 e. The molecule has 18 heavy (non-hydrogen) atoms. The third-order valence-corrected chi connectivity index (χ3v) is 4.33. The molecule has 0 aliphatic heterocycles. The van der Waals surface area contributed by atoms with Crippen LogP contribution in [0.2, 0.25) is 0 Å². The zero-order valence-corrected chi connectivity index (χ0v) is 11.9. The second-order valence-electron chi connectivity index (χ2n) is 5.45. The van der Waals surface area contributed by atoms with Gasteiger partial charge in [-0.05, 0) is 16.5 Å². The van der Waals surface area contributed by atoms with E-state index in [1.54, 1.807) is 0 Å². The first-order valence-electron chi connectivity index (χ1n) is 5.91. The molecule has 0 fully saturated rings. The van der Waals surface area contributed by atoms with E-state index in [2.05, 4.69) is 20.8 Å². The van der Waals surface area contributed by atoms with Crippen LogP contribution in [0.5, 0.6) is 0 Å². The van der Waals surface area contributed by atoms with Gasteiger partial charge in [-0.3, -0.25) is 0 Å². The van der Waals surface area contributed by atoms with Crippen LogP contribution >= 0.6 is 0 Å². The highest BCUT2D eigenvalue weighted by molar-refractivity contribution is 7.90. The van der Waals surface area contributed by atoms with Crippen molar-refractivity contribution < 1.29 is 8.42 Å². The van der Waals surface area contributed by atoms with Gasteiger partial charge >= 0.3 is 0 Å². The normalized spacial score (nSPS) is 12.1. The number of rotatable bonds is 4. The van der Waals surface area contributed by atoms with Crippen LogP contribution in [0, 0.1) is 11.3 Å². The molecule has 1 aromatic rings. The maximum atomic E-state index is 11.7. The highest BCUT2D eigenvalue weighted by atomic mass is 32.2. The number of hydrogen-bond donors (Lipinski definition) is 0. The van der Waals surface area contributed by atoms with Crippen LogP contribution in [0.15, 0.2) is 24.3 Å². The molecule has 0 amide bonds. The van der Waals surface area contributed by atoms with Gasteiger partial charge in [0.15, 0.2) is 9.84 Å². The van der Waals surface area contributed by atoms with Crippen molar-refractivity contribution in [2.75, 3.05) is 5.75 Å². The number of sulfone groups is 1.